The first-order chi connectivity index (χ1) is 12.0. The van der Waals surface area contributed by atoms with Crippen LogP contribution in [0.5, 0.6) is 5.75 Å². The fraction of sp³-hybridized carbons (Fsp3) is 0.300. The molecule has 0 atom stereocenters. The van der Waals surface area contributed by atoms with Crippen molar-refractivity contribution in [2.75, 3.05) is 19.7 Å². The molecule has 2 aromatic carbocycles. The van der Waals surface area contributed by atoms with E-state index >= 15 is 0 Å². The van der Waals surface area contributed by atoms with Crippen molar-refractivity contribution in [2.45, 2.75) is 20.8 Å². The summed E-state index contributed by atoms with van der Waals surface area (Å²) >= 11 is 0. The van der Waals surface area contributed by atoms with Crippen LogP contribution in [0.15, 0.2) is 42.5 Å². The van der Waals surface area contributed by atoms with Crippen LogP contribution in [0, 0.1) is 20.8 Å². The van der Waals surface area contributed by atoms with Crippen LogP contribution in [0.1, 0.15) is 27.0 Å². The average Bonchev–Trinajstić information content (AvgIpc) is 2.59. The van der Waals surface area contributed by atoms with Gasteiger partial charge in [0, 0.05) is 18.7 Å². The van der Waals surface area contributed by atoms with E-state index in [0.717, 1.165) is 16.7 Å². The van der Waals surface area contributed by atoms with E-state index in [9.17, 15) is 9.59 Å². The summed E-state index contributed by atoms with van der Waals surface area (Å²) in [6.07, 6.45) is 0. The molecule has 132 valence electrons. The third-order valence-electron chi connectivity index (χ3n) is 3.93. The Kier molecular flexibility index (Phi) is 6.57. The molecule has 0 saturated heterocycles. The molecule has 2 rings (SSSR count). The van der Waals surface area contributed by atoms with Gasteiger partial charge in [0.2, 0.25) is 0 Å². The molecule has 0 aliphatic heterocycles. The summed E-state index contributed by atoms with van der Waals surface area (Å²) in [5, 5.41) is 5.50. The van der Waals surface area contributed by atoms with Crippen LogP contribution in [0.4, 0.5) is 0 Å². The third kappa shape index (κ3) is 5.64. The van der Waals surface area contributed by atoms with Crippen LogP contribution in [-0.2, 0) is 4.79 Å². The summed E-state index contributed by atoms with van der Waals surface area (Å²) < 4.78 is 5.54. The molecule has 0 bridgehead atoms. The second-order valence-electron chi connectivity index (χ2n) is 5.96. The van der Waals surface area contributed by atoms with E-state index in [0.29, 0.717) is 24.4 Å². The Labute approximate surface area is 148 Å². The number of carbonyl (C=O) groups excluding carboxylic acids is 2. The number of ether oxygens (including phenoxy) is 1. The predicted molar refractivity (Wildman–Crippen MR) is 97.9 cm³/mol. The Morgan fingerprint density at radius 2 is 1.68 bits per heavy atom. The van der Waals surface area contributed by atoms with Crippen molar-refractivity contribution in [3.05, 3.63) is 64.7 Å². The molecule has 0 aliphatic rings. The molecule has 2 amide bonds. The lowest BCUT2D eigenvalue weighted by Gasteiger charge is -2.11. The molecule has 0 fully saturated rings. The van der Waals surface area contributed by atoms with Crippen molar-refractivity contribution in [2.24, 2.45) is 0 Å². The largest absolute Gasteiger partial charge is 0.483 e. The van der Waals surface area contributed by atoms with Gasteiger partial charge in [-0.3, -0.25) is 9.59 Å². The van der Waals surface area contributed by atoms with E-state index in [1.165, 1.54) is 0 Å². The molecular weight excluding hydrogens is 316 g/mol. The molecule has 0 spiro atoms. The molecule has 5 heteroatoms. The number of aryl methyl sites for hydroxylation is 2. The number of hydrogen-bond donors (Lipinski definition) is 2. The lowest BCUT2D eigenvalue weighted by molar-refractivity contribution is -0.123. The molecule has 0 saturated carbocycles. The number of nitrogens with one attached hydrogen (secondary N) is 2. The van der Waals surface area contributed by atoms with Crippen molar-refractivity contribution in [1.29, 1.82) is 0 Å². The third-order valence-corrected chi connectivity index (χ3v) is 3.93. The van der Waals surface area contributed by atoms with E-state index in [2.05, 4.69) is 10.6 Å². The highest BCUT2D eigenvalue weighted by Crippen LogP contribution is 2.20. The molecule has 0 aromatic heterocycles. The lowest BCUT2D eigenvalue weighted by Crippen LogP contribution is -2.36. The molecule has 25 heavy (non-hydrogen) atoms. The summed E-state index contributed by atoms with van der Waals surface area (Å²) in [6.45, 7) is 6.57. The molecule has 5 nitrogen and oxygen atoms in total. The Morgan fingerprint density at radius 3 is 2.44 bits per heavy atom. The van der Waals surface area contributed by atoms with Crippen LogP contribution in [-0.4, -0.2) is 31.5 Å². The standard InChI is InChI=1S/C20H24N2O3/c1-14-6-4-8-17(12-14)20(24)22-11-10-21-19(23)13-25-18-9-5-7-15(2)16(18)3/h4-9,12H,10-11,13H2,1-3H3,(H,21,23)(H,22,24). The number of amides is 2. The summed E-state index contributed by atoms with van der Waals surface area (Å²) in [7, 11) is 0. The van der Waals surface area contributed by atoms with Gasteiger partial charge in [0.1, 0.15) is 5.75 Å². The Morgan fingerprint density at radius 1 is 0.960 bits per heavy atom. The zero-order chi connectivity index (χ0) is 18.2. The van der Waals surface area contributed by atoms with Gasteiger partial charge in [-0.1, -0.05) is 29.8 Å². The maximum absolute atomic E-state index is 12.0. The quantitative estimate of drug-likeness (QED) is 0.761. The fourth-order valence-corrected chi connectivity index (χ4v) is 2.34. The summed E-state index contributed by atoms with van der Waals surface area (Å²) in [6, 6.07) is 13.1. The maximum atomic E-state index is 12.0. The van der Waals surface area contributed by atoms with Crippen LogP contribution < -0.4 is 15.4 Å². The fourth-order valence-electron chi connectivity index (χ4n) is 2.34. The van der Waals surface area contributed by atoms with Gasteiger partial charge in [-0.25, -0.2) is 0 Å². The molecule has 2 aromatic rings. The first-order valence-electron chi connectivity index (χ1n) is 8.28. The predicted octanol–water partition coefficient (Wildman–Crippen LogP) is 2.54. The van der Waals surface area contributed by atoms with Crippen LogP contribution >= 0.6 is 0 Å². The highest BCUT2D eigenvalue weighted by Gasteiger charge is 2.07. The van der Waals surface area contributed by atoms with Gasteiger partial charge in [-0.05, 0) is 50.1 Å². The van der Waals surface area contributed by atoms with Crippen LogP contribution in [0.3, 0.4) is 0 Å². The SMILES string of the molecule is Cc1cccc(C(=O)NCCNC(=O)COc2cccc(C)c2C)c1. The number of carbonyl (C=O) groups is 2. The number of hydrogen-bond acceptors (Lipinski definition) is 3. The van der Waals surface area contributed by atoms with Gasteiger partial charge in [0.15, 0.2) is 6.61 Å². The van der Waals surface area contributed by atoms with E-state index < -0.39 is 0 Å². The average molecular weight is 340 g/mol. The first-order valence-corrected chi connectivity index (χ1v) is 8.28. The zero-order valence-electron chi connectivity index (χ0n) is 14.9. The monoisotopic (exact) mass is 340 g/mol. The van der Waals surface area contributed by atoms with E-state index in [-0.39, 0.29) is 18.4 Å². The second-order valence-corrected chi connectivity index (χ2v) is 5.96. The van der Waals surface area contributed by atoms with E-state index in [1.807, 2.05) is 57.2 Å². The first kappa shape index (κ1) is 18.5. The number of benzene rings is 2. The molecule has 2 N–H and O–H groups in total. The summed E-state index contributed by atoms with van der Waals surface area (Å²) in [4.78, 5) is 23.8. The van der Waals surface area contributed by atoms with Crippen molar-refractivity contribution in [1.82, 2.24) is 10.6 Å². The number of rotatable bonds is 7. The van der Waals surface area contributed by atoms with Gasteiger partial charge in [-0.2, -0.15) is 0 Å². The molecule has 0 radical (unpaired) electrons. The Hall–Kier alpha value is -2.82. The minimum Gasteiger partial charge on any atom is -0.483 e. The molecule has 0 heterocycles. The lowest BCUT2D eigenvalue weighted by atomic mass is 10.1. The minimum atomic E-state index is -0.217. The highest BCUT2D eigenvalue weighted by molar-refractivity contribution is 5.94. The van der Waals surface area contributed by atoms with Gasteiger partial charge in [0.25, 0.3) is 11.8 Å². The van der Waals surface area contributed by atoms with Gasteiger partial charge in [0.05, 0.1) is 0 Å². The highest BCUT2D eigenvalue weighted by atomic mass is 16.5. The smallest absolute Gasteiger partial charge is 0.258 e. The van der Waals surface area contributed by atoms with Crippen molar-refractivity contribution < 1.29 is 14.3 Å². The summed E-state index contributed by atoms with van der Waals surface area (Å²) in [5.41, 5.74) is 3.80. The summed E-state index contributed by atoms with van der Waals surface area (Å²) in [5.74, 6) is 0.346. The minimum absolute atomic E-state index is 0.0455. The van der Waals surface area contributed by atoms with Gasteiger partial charge >= 0.3 is 0 Å². The van der Waals surface area contributed by atoms with Crippen LogP contribution in [0.25, 0.3) is 0 Å². The molecule has 0 aliphatic carbocycles. The van der Waals surface area contributed by atoms with Gasteiger partial charge < -0.3 is 15.4 Å². The van der Waals surface area contributed by atoms with E-state index in [1.54, 1.807) is 6.07 Å². The second kappa shape index (κ2) is 8.87. The topological polar surface area (TPSA) is 67.4 Å². The Balaban J connectivity index is 1.68. The van der Waals surface area contributed by atoms with E-state index in [4.69, 9.17) is 4.74 Å². The van der Waals surface area contributed by atoms with Crippen molar-refractivity contribution in [3.8, 4) is 5.75 Å². The maximum Gasteiger partial charge on any atom is 0.258 e. The molecule has 0 unspecified atom stereocenters. The Bertz CT molecular complexity index is 756. The normalized spacial score (nSPS) is 10.2. The van der Waals surface area contributed by atoms with Crippen molar-refractivity contribution in [3.63, 3.8) is 0 Å². The zero-order valence-corrected chi connectivity index (χ0v) is 14.9. The molecular formula is C20H24N2O3. The van der Waals surface area contributed by atoms with Gasteiger partial charge in [-0.15, -0.1) is 0 Å². The van der Waals surface area contributed by atoms with Crippen LogP contribution in [0.2, 0.25) is 0 Å². The van der Waals surface area contributed by atoms with Crippen molar-refractivity contribution >= 4 is 11.8 Å².